The molecule has 0 spiro atoms. The molecule has 60 valence electrons. The van der Waals surface area contributed by atoms with E-state index in [1.54, 1.807) is 0 Å². The van der Waals surface area contributed by atoms with Crippen molar-refractivity contribution in [3.05, 3.63) is 0 Å². The topological polar surface area (TPSA) is 26.0 Å². The zero-order chi connectivity index (χ0) is 7.56. The van der Waals surface area contributed by atoms with E-state index in [0.717, 1.165) is 24.3 Å². The van der Waals surface area contributed by atoms with Gasteiger partial charge in [-0.3, -0.25) is 0 Å². The molecule has 0 aromatic carbocycles. The Morgan fingerprint density at radius 2 is 2.10 bits per heavy atom. The molecule has 1 rings (SSSR count). The third-order valence-corrected chi connectivity index (χ3v) is 2.86. The van der Waals surface area contributed by atoms with Gasteiger partial charge in [0.15, 0.2) is 0 Å². The summed E-state index contributed by atoms with van der Waals surface area (Å²) in [5.41, 5.74) is 5.60. The lowest BCUT2D eigenvalue weighted by atomic mass is 9.93. The van der Waals surface area contributed by atoms with Crippen LogP contribution < -0.4 is 5.73 Å². The van der Waals surface area contributed by atoms with Gasteiger partial charge in [0.25, 0.3) is 0 Å². The van der Waals surface area contributed by atoms with Crippen molar-refractivity contribution in [2.24, 2.45) is 23.5 Å². The van der Waals surface area contributed by atoms with Gasteiger partial charge in [-0.2, -0.15) is 0 Å². The molecule has 1 aliphatic carbocycles. The van der Waals surface area contributed by atoms with Gasteiger partial charge in [-0.1, -0.05) is 13.8 Å². The van der Waals surface area contributed by atoms with Crippen molar-refractivity contribution in [3.63, 3.8) is 0 Å². The second kappa shape index (κ2) is 3.38. The quantitative estimate of drug-likeness (QED) is 0.625. The molecule has 0 amide bonds. The Labute approximate surface area is 64.0 Å². The summed E-state index contributed by atoms with van der Waals surface area (Å²) in [5, 5.41) is 0. The highest BCUT2D eigenvalue weighted by Crippen LogP contribution is 2.34. The van der Waals surface area contributed by atoms with Crippen molar-refractivity contribution in [3.8, 4) is 0 Å². The summed E-state index contributed by atoms with van der Waals surface area (Å²) < 4.78 is 0. The molecule has 1 fully saturated rings. The standard InChI is InChI=1S/C9H19N/c1-7(2)9-4-3-8(5-9)6-10/h7-9H,3-6,10H2,1-2H3. The van der Waals surface area contributed by atoms with Crippen LogP contribution in [0.5, 0.6) is 0 Å². The molecule has 0 aliphatic heterocycles. The first-order chi connectivity index (χ1) is 4.74. The van der Waals surface area contributed by atoms with Crippen LogP contribution in [0.15, 0.2) is 0 Å². The van der Waals surface area contributed by atoms with Crippen LogP contribution in [0.4, 0.5) is 0 Å². The minimum absolute atomic E-state index is 0.840. The molecule has 1 heteroatoms. The van der Waals surface area contributed by atoms with E-state index in [1.165, 1.54) is 19.3 Å². The number of hydrogen-bond acceptors (Lipinski definition) is 1. The van der Waals surface area contributed by atoms with Gasteiger partial charge in [0, 0.05) is 0 Å². The Bertz CT molecular complexity index is 98.9. The molecule has 0 aromatic heterocycles. The van der Waals surface area contributed by atoms with Crippen LogP contribution in [0.2, 0.25) is 0 Å². The van der Waals surface area contributed by atoms with Crippen LogP contribution in [0.3, 0.4) is 0 Å². The zero-order valence-corrected chi connectivity index (χ0v) is 7.14. The first-order valence-corrected chi connectivity index (χ1v) is 4.44. The van der Waals surface area contributed by atoms with E-state index in [0.29, 0.717) is 0 Å². The Morgan fingerprint density at radius 3 is 2.40 bits per heavy atom. The first-order valence-electron chi connectivity index (χ1n) is 4.44. The molecule has 1 aliphatic rings. The summed E-state index contributed by atoms with van der Waals surface area (Å²) in [6, 6.07) is 0. The van der Waals surface area contributed by atoms with Gasteiger partial charge in [-0.05, 0) is 43.6 Å². The highest BCUT2D eigenvalue weighted by Gasteiger charge is 2.25. The average molecular weight is 141 g/mol. The van der Waals surface area contributed by atoms with Crippen molar-refractivity contribution in [1.82, 2.24) is 0 Å². The molecule has 0 aromatic rings. The van der Waals surface area contributed by atoms with Crippen LogP contribution in [-0.2, 0) is 0 Å². The molecule has 0 radical (unpaired) electrons. The van der Waals surface area contributed by atoms with Gasteiger partial charge in [0.05, 0.1) is 0 Å². The van der Waals surface area contributed by atoms with Crippen molar-refractivity contribution in [1.29, 1.82) is 0 Å². The summed E-state index contributed by atoms with van der Waals surface area (Å²) in [7, 11) is 0. The summed E-state index contributed by atoms with van der Waals surface area (Å²) in [6.07, 6.45) is 4.17. The summed E-state index contributed by atoms with van der Waals surface area (Å²) in [6.45, 7) is 5.55. The van der Waals surface area contributed by atoms with Gasteiger partial charge >= 0.3 is 0 Å². The number of rotatable bonds is 2. The fourth-order valence-electron chi connectivity index (χ4n) is 1.93. The third-order valence-electron chi connectivity index (χ3n) is 2.86. The lowest BCUT2D eigenvalue weighted by Gasteiger charge is -2.13. The van der Waals surface area contributed by atoms with E-state index in [9.17, 15) is 0 Å². The smallest absolute Gasteiger partial charge is 0.00488 e. The second-order valence-electron chi connectivity index (χ2n) is 3.92. The maximum absolute atomic E-state index is 5.60. The second-order valence-corrected chi connectivity index (χ2v) is 3.92. The van der Waals surface area contributed by atoms with E-state index >= 15 is 0 Å². The molecule has 0 saturated heterocycles. The predicted octanol–water partition coefficient (Wildman–Crippen LogP) is 2.02. The molecule has 1 nitrogen and oxygen atoms in total. The molecular weight excluding hydrogens is 122 g/mol. The fraction of sp³-hybridized carbons (Fsp3) is 1.00. The first kappa shape index (κ1) is 8.06. The van der Waals surface area contributed by atoms with E-state index in [-0.39, 0.29) is 0 Å². The minimum atomic E-state index is 0.840. The highest BCUT2D eigenvalue weighted by molar-refractivity contribution is 4.77. The van der Waals surface area contributed by atoms with Crippen LogP contribution in [0.25, 0.3) is 0 Å². The van der Waals surface area contributed by atoms with Crippen molar-refractivity contribution in [2.75, 3.05) is 6.54 Å². The Kier molecular flexibility index (Phi) is 2.72. The normalized spacial score (nSPS) is 33.6. The van der Waals surface area contributed by atoms with E-state index in [2.05, 4.69) is 13.8 Å². The maximum Gasteiger partial charge on any atom is -0.00488 e. The Morgan fingerprint density at radius 1 is 1.40 bits per heavy atom. The Hall–Kier alpha value is -0.0400. The Balaban J connectivity index is 2.28. The molecular formula is C9H19N. The van der Waals surface area contributed by atoms with Crippen LogP contribution in [-0.4, -0.2) is 6.54 Å². The molecule has 1 saturated carbocycles. The predicted molar refractivity (Wildman–Crippen MR) is 44.7 cm³/mol. The van der Waals surface area contributed by atoms with Gasteiger partial charge in [0.2, 0.25) is 0 Å². The van der Waals surface area contributed by atoms with Gasteiger partial charge < -0.3 is 5.73 Å². The van der Waals surface area contributed by atoms with Crippen molar-refractivity contribution < 1.29 is 0 Å². The lowest BCUT2D eigenvalue weighted by molar-refractivity contribution is 0.380. The maximum atomic E-state index is 5.60. The summed E-state index contributed by atoms with van der Waals surface area (Å²) in [4.78, 5) is 0. The lowest BCUT2D eigenvalue weighted by Crippen LogP contribution is -2.12. The molecule has 0 bridgehead atoms. The monoisotopic (exact) mass is 141 g/mol. The SMILES string of the molecule is CC(C)C1CCC(CN)C1. The fourth-order valence-corrected chi connectivity index (χ4v) is 1.93. The highest BCUT2D eigenvalue weighted by atomic mass is 14.6. The van der Waals surface area contributed by atoms with Crippen LogP contribution in [0.1, 0.15) is 33.1 Å². The van der Waals surface area contributed by atoms with Gasteiger partial charge in [-0.15, -0.1) is 0 Å². The van der Waals surface area contributed by atoms with Gasteiger partial charge in [-0.25, -0.2) is 0 Å². The van der Waals surface area contributed by atoms with E-state index < -0.39 is 0 Å². The van der Waals surface area contributed by atoms with Gasteiger partial charge in [0.1, 0.15) is 0 Å². The summed E-state index contributed by atoms with van der Waals surface area (Å²) >= 11 is 0. The van der Waals surface area contributed by atoms with Crippen molar-refractivity contribution >= 4 is 0 Å². The number of nitrogens with two attached hydrogens (primary N) is 1. The molecule has 2 atom stereocenters. The molecule has 2 N–H and O–H groups in total. The van der Waals surface area contributed by atoms with E-state index in [1.807, 2.05) is 0 Å². The summed E-state index contributed by atoms with van der Waals surface area (Å²) in [5.74, 6) is 2.68. The van der Waals surface area contributed by atoms with Crippen LogP contribution >= 0.6 is 0 Å². The largest absolute Gasteiger partial charge is 0.330 e. The van der Waals surface area contributed by atoms with Crippen LogP contribution in [0, 0.1) is 17.8 Å². The average Bonchev–Trinajstić information content (AvgIpc) is 2.34. The van der Waals surface area contributed by atoms with E-state index in [4.69, 9.17) is 5.73 Å². The third kappa shape index (κ3) is 1.72. The van der Waals surface area contributed by atoms with Crippen molar-refractivity contribution in [2.45, 2.75) is 33.1 Å². The molecule has 0 heterocycles. The molecule has 2 unspecified atom stereocenters. The molecule has 10 heavy (non-hydrogen) atoms. The minimum Gasteiger partial charge on any atom is -0.330 e. The number of hydrogen-bond donors (Lipinski definition) is 1. The zero-order valence-electron chi connectivity index (χ0n) is 7.14.